The summed E-state index contributed by atoms with van der Waals surface area (Å²) in [5.41, 5.74) is 3.75. The second-order valence-electron chi connectivity index (χ2n) is 6.02. The highest BCUT2D eigenvalue weighted by Gasteiger charge is 2.14. The van der Waals surface area contributed by atoms with Crippen LogP contribution in [0.2, 0.25) is 5.02 Å². The second kappa shape index (κ2) is 6.89. The first-order valence-electron chi connectivity index (χ1n) is 8.20. The van der Waals surface area contributed by atoms with Gasteiger partial charge in [0.2, 0.25) is 0 Å². The molecule has 0 radical (unpaired) electrons. The van der Waals surface area contributed by atoms with Crippen molar-refractivity contribution in [2.45, 2.75) is 18.9 Å². The number of imidazole rings is 1. The lowest BCUT2D eigenvalue weighted by Gasteiger charge is -2.15. The summed E-state index contributed by atoms with van der Waals surface area (Å²) < 4.78 is 7.61. The van der Waals surface area contributed by atoms with Crippen molar-refractivity contribution in [3.8, 4) is 11.4 Å². The van der Waals surface area contributed by atoms with Gasteiger partial charge in [0.05, 0.1) is 29.2 Å². The first-order valence-corrected chi connectivity index (χ1v) is 8.57. The number of fused-ring (bicyclic) bond motifs is 1. The third kappa shape index (κ3) is 3.29. The van der Waals surface area contributed by atoms with Gasteiger partial charge in [-0.25, -0.2) is 4.98 Å². The molecule has 0 aliphatic carbocycles. The molecule has 0 aromatic carbocycles. The normalized spacial score (nSPS) is 18.6. The van der Waals surface area contributed by atoms with Crippen LogP contribution < -0.4 is 5.32 Å². The summed E-state index contributed by atoms with van der Waals surface area (Å²) in [6.07, 6.45) is 5.62. The summed E-state index contributed by atoms with van der Waals surface area (Å²) >= 11 is 6.12. The van der Waals surface area contributed by atoms with Gasteiger partial charge in [-0.2, -0.15) is 0 Å². The highest BCUT2D eigenvalue weighted by atomic mass is 35.5. The van der Waals surface area contributed by atoms with Gasteiger partial charge in [-0.3, -0.25) is 9.38 Å². The maximum atomic E-state index is 6.12. The molecule has 3 aromatic rings. The van der Waals surface area contributed by atoms with Gasteiger partial charge in [0, 0.05) is 31.0 Å². The molecule has 0 bridgehead atoms. The van der Waals surface area contributed by atoms with Gasteiger partial charge in [0.1, 0.15) is 5.65 Å². The van der Waals surface area contributed by atoms with Crippen LogP contribution in [0.1, 0.15) is 12.1 Å². The summed E-state index contributed by atoms with van der Waals surface area (Å²) in [4.78, 5) is 9.25. The average molecular weight is 343 g/mol. The van der Waals surface area contributed by atoms with Gasteiger partial charge in [-0.1, -0.05) is 17.7 Å². The number of ether oxygens (including phenoxy) is 1. The molecular weight excluding hydrogens is 324 g/mol. The van der Waals surface area contributed by atoms with Crippen LogP contribution in [0.3, 0.4) is 0 Å². The molecule has 4 heterocycles. The molecule has 5 nitrogen and oxygen atoms in total. The lowest BCUT2D eigenvalue weighted by Crippen LogP contribution is -2.34. The fraction of sp³-hybridized carbons (Fsp3) is 0.333. The number of hydrogen-bond acceptors (Lipinski definition) is 4. The summed E-state index contributed by atoms with van der Waals surface area (Å²) in [5.74, 6) is 0. The van der Waals surface area contributed by atoms with E-state index in [4.69, 9.17) is 21.3 Å². The predicted octanol–water partition coefficient (Wildman–Crippen LogP) is 2.97. The highest BCUT2D eigenvalue weighted by molar-refractivity contribution is 6.30. The Bertz CT molecular complexity index is 840. The maximum absolute atomic E-state index is 6.12. The summed E-state index contributed by atoms with van der Waals surface area (Å²) in [6, 6.07) is 10.2. The van der Waals surface area contributed by atoms with Crippen molar-refractivity contribution in [1.29, 1.82) is 0 Å². The van der Waals surface area contributed by atoms with Crippen LogP contribution in [0.5, 0.6) is 0 Å². The van der Waals surface area contributed by atoms with Crippen LogP contribution in [0.15, 0.2) is 42.7 Å². The van der Waals surface area contributed by atoms with E-state index in [1.165, 1.54) is 0 Å². The SMILES string of the molecule is Clc1ccc2ncc(-c3cccc(CC4COCCCN4)n3)n2c1. The third-order valence-corrected chi connectivity index (χ3v) is 4.44. The van der Waals surface area contributed by atoms with Gasteiger partial charge in [-0.15, -0.1) is 0 Å². The molecule has 0 amide bonds. The molecule has 1 aliphatic heterocycles. The van der Waals surface area contributed by atoms with E-state index in [2.05, 4.69) is 16.4 Å². The standard InChI is InChI=1S/C18H19ClN4O/c19-13-5-6-18-21-10-17(23(18)11-13)16-4-1-3-14(22-16)9-15-12-24-8-2-7-20-15/h1,3-6,10-11,15,20H,2,7-9,12H2. The van der Waals surface area contributed by atoms with Crippen molar-refractivity contribution < 1.29 is 4.74 Å². The van der Waals surface area contributed by atoms with Crippen LogP contribution in [-0.2, 0) is 11.2 Å². The maximum Gasteiger partial charge on any atom is 0.137 e. The van der Waals surface area contributed by atoms with Crippen molar-refractivity contribution in [3.05, 3.63) is 53.4 Å². The molecular formula is C18H19ClN4O. The lowest BCUT2D eigenvalue weighted by atomic mass is 10.1. The fourth-order valence-electron chi connectivity index (χ4n) is 3.03. The molecule has 1 aliphatic rings. The van der Waals surface area contributed by atoms with E-state index in [1.807, 2.05) is 41.1 Å². The quantitative estimate of drug-likeness (QED) is 0.795. The second-order valence-corrected chi connectivity index (χ2v) is 6.45. The Hall–Kier alpha value is -1.95. The largest absolute Gasteiger partial charge is 0.380 e. The molecule has 0 spiro atoms. The minimum atomic E-state index is 0.312. The number of halogens is 1. The van der Waals surface area contributed by atoms with E-state index >= 15 is 0 Å². The summed E-state index contributed by atoms with van der Waals surface area (Å²) in [7, 11) is 0. The first-order chi connectivity index (χ1) is 11.8. The molecule has 1 unspecified atom stereocenters. The number of rotatable bonds is 3. The van der Waals surface area contributed by atoms with E-state index in [0.29, 0.717) is 11.1 Å². The topological polar surface area (TPSA) is 51.5 Å². The van der Waals surface area contributed by atoms with Gasteiger partial charge in [0.15, 0.2) is 0 Å². The Labute approximate surface area is 145 Å². The van der Waals surface area contributed by atoms with Crippen molar-refractivity contribution in [2.75, 3.05) is 19.8 Å². The molecule has 1 atom stereocenters. The predicted molar refractivity (Wildman–Crippen MR) is 94.4 cm³/mol. The average Bonchev–Trinajstić information content (AvgIpc) is 2.83. The molecule has 24 heavy (non-hydrogen) atoms. The zero-order chi connectivity index (χ0) is 16.4. The smallest absolute Gasteiger partial charge is 0.137 e. The zero-order valence-corrected chi connectivity index (χ0v) is 14.0. The highest BCUT2D eigenvalue weighted by Crippen LogP contribution is 2.21. The Morgan fingerprint density at radius 1 is 1.29 bits per heavy atom. The van der Waals surface area contributed by atoms with Crippen LogP contribution >= 0.6 is 11.6 Å². The fourth-order valence-corrected chi connectivity index (χ4v) is 3.19. The molecule has 1 fully saturated rings. The molecule has 4 rings (SSSR count). The Morgan fingerprint density at radius 3 is 3.21 bits per heavy atom. The zero-order valence-electron chi connectivity index (χ0n) is 13.3. The molecule has 1 saturated heterocycles. The molecule has 124 valence electrons. The lowest BCUT2D eigenvalue weighted by molar-refractivity contribution is 0.131. The Kier molecular flexibility index (Phi) is 4.47. The van der Waals surface area contributed by atoms with E-state index in [0.717, 1.165) is 55.3 Å². The number of nitrogens with one attached hydrogen (secondary N) is 1. The first kappa shape index (κ1) is 15.6. The van der Waals surface area contributed by atoms with Crippen molar-refractivity contribution in [2.24, 2.45) is 0 Å². The van der Waals surface area contributed by atoms with Crippen molar-refractivity contribution >= 4 is 17.2 Å². The van der Waals surface area contributed by atoms with Gasteiger partial charge >= 0.3 is 0 Å². The minimum absolute atomic E-state index is 0.312. The van der Waals surface area contributed by atoms with Crippen LogP contribution in [-0.4, -0.2) is 40.2 Å². The van der Waals surface area contributed by atoms with E-state index in [1.54, 1.807) is 0 Å². The minimum Gasteiger partial charge on any atom is -0.380 e. The molecule has 6 heteroatoms. The van der Waals surface area contributed by atoms with Crippen molar-refractivity contribution in [3.63, 3.8) is 0 Å². The van der Waals surface area contributed by atoms with Crippen LogP contribution in [0, 0.1) is 0 Å². The van der Waals surface area contributed by atoms with E-state index in [9.17, 15) is 0 Å². The molecule has 1 N–H and O–H groups in total. The molecule has 0 saturated carbocycles. The van der Waals surface area contributed by atoms with Crippen LogP contribution in [0.4, 0.5) is 0 Å². The third-order valence-electron chi connectivity index (χ3n) is 4.21. The van der Waals surface area contributed by atoms with E-state index in [-0.39, 0.29) is 0 Å². The summed E-state index contributed by atoms with van der Waals surface area (Å²) in [5, 5.41) is 4.20. The number of aromatic nitrogens is 3. The number of nitrogens with zero attached hydrogens (tertiary/aromatic N) is 3. The van der Waals surface area contributed by atoms with Crippen molar-refractivity contribution in [1.82, 2.24) is 19.7 Å². The molecule has 3 aromatic heterocycles. The van der Waals surface area contributed by atoms with Gasteiger partial charge < -0.3 is 10.1 Å². The summed E-state index contributed by atoms with van der Waals surface area (Å²) in [6.45, 7) is 2.56. The Morgan fingerprint density at radius 2 is 2.25 bits per heavy atom. The van der Waals surface area contributed by atoms with Gasteiger partial charge in [-0.05, 0) is 37.2 Å². The number of pyridine rings is 2. The van der Waals surface area contributed by atoms with Gasteiger partial charge in [0.25, 0.3) is 0 Å². The Balaban J connectivity index is 1.62. The number of hydrogen-bond donors (Lipinski definition) is 1. The monoisotopic (exact) mass is 342 g/mol. The van der Waals surface area contributed by atoms with E-state index < -0.39 is 0 Å². The van der Waals surface area contributed by atoms with Crippen LogP contribution in [0.25, 0.3) is 17.0 Å².